The van der Waals surface area contributed by atoms with Crippen molar-refractivity contribution in [2.45, 2.75) is 72.1 Å². The molecule has 2 aromatic rings. The number of ether oxygens (including phenoxy) is 1. The smallest absolute Gasteiger partial charge is 0.119 e. The largest absolute Gasteiger partial charge is 0.490 e. The Morgan fingerprint density at radius 2 is 1.89 bits per heavy atom. The molecular formula is C25H36N2O. The van der Waals surface area contributed by atoms with Crippen molar-refractivity contribution < 1.29 is 4.74 Å². The van der Waals surface area contributed by atoms with E-state index in [1.807, 2.05) is 12.4 Å². The summed E-state index contributed by atoms with van der Waals surface area (Å²) in [7, 11) is 0. The number of pyridine rings is 1. The van der Waals surface area contributed by atoms with Crippen LogP contribution in [0.1, 0.15) is 57.6 Å². The molecule has 1 fully saturated rings. The zero-order valence-corrected chi connectivity index (χ0v) is 18.0. The number of rotatable bonds is 8. The van der Waals surface area contributed by atoms with E-state index in [0.717, 1.165) is 24.8 Å². The number of hydrogen-bond acceptors (Lipinski definition) is 3. The summed E-state index contributed by atoms with van der Waals surface area (Å²) in [5, 5.41) is 0. The molecule has 1 saturated carbocycles. The van der Waals surface area contributed by atoms with E-state index in [2.05, 4.69) is 74.0 Å². The van der Waals surface area contributed by atoms with Crippen LogP contribution in [0.5, 0.6) is 5.75 Å². The lowest BCUT2D eigenvalue weighted by molar-refractivity contribution is 0.0808. The molecule has 1 aromatic heterocycles. The lowest BCUT2D eigenvalue weighted by Gasteiger charge is -2.37. The molecule has 1 aromatic carbocycles. The molecule has 3 heteroatoms. The second-order valence-corrected chi connectivity index (χ2v) is 8.84. The van der Waals surface area contributed by atoms with Gasteiger partial charge in [0.2, 0.25) is 0 Å². The van der Waals surface area contributed by atoms with Gasteiger partial charge in [0.15, 0.2) is 0 Å². The first-order valence-corrected chi connectivity index (χ1v) is 10.9. The summed E-state index contributed by atoms with van der Waals surface area (Å²) in [6.07, 6.45) is 9.11. The molecule has 1 aliphatic carbocycles. The molecule has 1 heterocycles. The molecule has 0 saturated heterocycles. The summed E-state index contributed by atoms with van der Waals surface area (Å²) in [4.78, 5) is 6.75. The molecular weight excluding hydrogens is 344 g/mol. The highest BCUT2D eigenvalue weighted by Crippen LogP contribution is 2.33. The van der Waals surface area contributed by atoms with Crippen molar-refractivity contribution in [3.05, 3.63) is 59.9 Å². The zero-order valence-electron chi connectivity index (χ0n) is 18.0. The maximum atomic E-state index is 6.34. The first kappa shape index (κ1) is 20.9. The number of aromatic nitrogens is 1. The SMILES string of the molecule is Cc1cccc(OC2CCCC(C(C)CN(Cc3ccncc3)C(C)C)C2)c1. The van der Waals surface area contributed by atoms with Crippen molar-refractivity contribution in [2.75, 3.05) is 6.54 Å². The van der Waals surface area contributed by atoms with Gasteiger partial charge in [-0.15, -0.1) is 0 Å². The van der Waals surface area contributed by atoms with Crippen LogP contribution in [0.2, 0.25) is 0 Å². The molecule has 3 nitrogen and oxygen atoms in total. The number of benzene rings is 1. The molecule has 152 valence electrons. The van der Waals surface area contributed by atoms with Gasteiger partial charge in [-0.1, -0.05) is 19.1 Å². The van der Waals surface area contributed by atoms with Crippen LogP contribution in [-0.4, -0.2) is 28.6 Å². The minimum Gasteiger partial charge on any atom is -0.490 e. The van der Waals surface area contributed by atoms with Crippen molar-refractivity contribution in [1.29, 1.82) is 0 Å². The average Bonchev–Trinajstić information content (AvgIpc) is 2.68. The van der Waals surface area contributed by atoms with E-state index in [4.69, 9.17) is 4.74 Å². The number of nitrogens with zero attached hydrogens (tertiary/aromatic N) is 2. The summed E-state index contributed by atoms with van der Waals surface area (Å²) >= 11 is 0. The summed E-state index contributed by atoms with van der Waals surface area (Å²) in [6, 6.07) is 13.3. The highest BCUT2D eigenvalue weighted by atomic mass is 16.5. The Kier molecular flexibility index (Phi) is 7.50. The number of aryl methyl sites for hydroxylation is 1. The van der Waals surface area contributed by atoms with E-state index < -0.39 is 0 Å². The molecule has 0 N–H and O–H groups in total. The van der Waals surface area contributed by atoms with E-state index in [-0.39, 0.29) is 0 Å². The second kappa shape index (κ2) is 10.1. The van der Waals surface area contributed by atoms with E-state index in [1.54, 1.807) is 0 Å². The maximum Gasteiger partial charge on any atom is 0.119 e. The van der Waals surface area contributed by atoms with E-state index in [0.29, 0.717) is 18.1 Å². The van der Waals surface area contributed by atoms with Gasteiger partial charge >= 0.3 is 0 Å². The summed E-state index contributed by atoms with van der Waals surface area (Å²) in [6.45, 7) is 11.3. The normalized spacial score (nSPS) is 21.1. The van der Waals surface area contributed by atoms with Crippen LogP contribution < -0.4 is 4.74 Å². The lowest BCUT2D eigenvalue weighted by atomic mass is 9.79. The minimum atomic E-state index is 0.357. The zero-order chi connectivity index (χ0) is 19.9. The van der Waals surface area contributed by atoms with Crippen molar-refractivity contribution in [3.8, 4) is 5.75 Å². The van der Waals surface area contributed by atoms with Crippen LogP contribution in [-0.2, 0) is 6.54 Å². The Bertz CT molecular complexity index is 715. The summed E-state index contributed by atoms with van der Waals surface area (Å²) < 4.78 is 6.34. The third-order valence-corrected chi connectivity index (χ3v) is 6.15. The highest BCUT2D eigenvalue weighted by molar-refractivity contribution is 5.27. The second-order valence-electron chi connectivity index (χ2n) is 8.84. The third kappa shape index (κ3) is 6.07. The van der Waals surface area contributed by atoms with Crippen molar-refractivity contribution in [1.82, 2.24) is 9.88 Å². The van der Waals surface area contributed by atoms with E-state index >= 15 is 0 Å². The fourth-order valence-electron chi connectivity index (χ4n) is 4.39. The molecule has 28 heavy (non-hydrogen) atoms. The Hall–Kier alpha value is -1.87. The van der Waals surface area contributed by atoms with Crippen LogP contribution >= 0.6 is 0 Å². The quantitative estimate of drug-likeness (QED) is 0.572. The molecule has 0 aliphatic heterocycles. The van der Waals surface area contributed by atoms with Gasteiger partial charge < -0.3 is 4.74 Å². The first-order valence-electron chi connectivity index (χ1n) is 10.9. The summed E-state index contributed by atoms with van der Waals surface area (Å²) in [5.41, 5.74) is 2.61. The Balaban J connectivity index is 1.56. The van der Waals surface area contributed by atoms with Gasteiger partial charge in [-0.2, -0.15) is 0 Å². The molecule has 3 unspecified atom stereocenters. The molecule has 0 radical (unpaired) electrons. The van der Waals surface area contributed by atoms with Gasteiger partial charge in [-0.25, -0.2) is 0 Å². The topological polar surface area (TPSA) is 25.4 Å². The molecule has 3 atom stereocenters. The van der Waals surface area contributed by atoms with Gasteiger partial charge in [-0.3, -0.25) is 9.88 Å². The van der Waals surface area contributed by atoms with E-state index in [9.17, 15) is 0 Å². The van der Waals surface area contributed by atoms with Crippen molar-refractivity contribution in [3.63, 3.8) is 0 Å². The molecule has 1 aliphatic rings. The fourth-order valence-corrected chi connectivity index (χ4v) is 4.39. The van der Waals surface area contributed by atoms with Gasteiger partial charge in [0, 0.05) is 31.5 Å². The van der Waals surface area contributed by atoms with Crippen LogP contribution in [0.25, 0.3) is 0 Å². The first-order chi connectivity index (χ1) is 13.5. The van der Waals surface area contributed by atoms with Gasteiger partial charge in [0.25, 0.3) is 0 Å². The van der Waals surface area contributed by atoms with Crippen molar-refractivity contribution in [2.24, 2.45) is 11.8 Å². The van der Waals surface area contributed by atoms with E-state index in [1.165, 1.54) is 36.8 Å². The maximum absolute atomic E-state index is 6.34. The Morgan fingerprint density at radius 3 is 2.61 bits per heavy atom. The third-order valence-electron chi connectivity index (χ3n) is 6.15. The predicted octanol–water partition coefficient (Wildman–Crippen LogP) is 5.87. The van der Waals surface area contributed by atoms with Gasteiger partial charge in [0.05, 0.1) is 6.10 Å². The van der Waals surface area contributed by atoms with Crippen LogP contribution in [0.15, 0.2) is 48.8 Å². The fraction of sp³-hybridized carbons (Fsp3) is 0.560. The van der Waals surface area contributed by atoms with Crippen LogP contribution in [0.4, 0.5) is 0 Å². The Labute approximate surface area is 171 Å². The van der Waals surface area contributed by atoms with Crippen LogP contribution in [0, 0.1) is 18.8 Å². The highest BCUT2D eigenvalue weighted by Gasteiger charge is 2.29. The standard InChI is InChI=1S/C25H36N2O/c1-19(2)27(18-22-11-13-26-14-12-22)17-21(4)23-8-6-10-25(16-23)28-24-9-5-7-20(3)15-24/h5,7,9,11-15,19,21,23,25H,6,8,10,16-18H2,1-4H3. The predicted molar refractivity (Wildman–Crippen MR) is 117 cm³/mol. The Morgan fingerprint density at radius 1 is 1.11 bits per heavy atom. The van der Waals surface area contributed by atoms with Gasteiger partial charge in [0.1, 0.15) is 5.75 Å². The number of hydrogen-bond donors (Lipinski definition) is 0. The van der Waals surface area contributed by atoms with Gasteiger partial charge in [-0.05, 0) is 93.7 Å². The molecule has 0 bridgehead atoms. The minimum absolute atomic E-state index is 0.357. The van der Waals surface area contributed by atoms with Crippen molar-refractivity contribution >= 4 is 0 Å². The monoisotopic (exact) mass is 380 g/mol. The molecule has 0 amide bonds. The molecule has 0 spiro atoms. The lowest BCUT2D eigenvalue weighted by Crippen LogP contribution is -2.38. The average molecular weight is 381 g/mol. The van der Waals surface area contributed by atoms with Crippen LogP contribution in [0.3, 0.4) is 0 Å². The molecule has 3 rings (SSSR count). The summed E-state index contributed by atoms with van der Waals surface area (Å²) in [5.74, 6) is 2.44.